The van der Waals surface area contributed by atoms with Crippen LogP contribution in [0.3, 0.4) is 0 Å². The Bertz CT molecular complexity index is 1200. The van der Waals surface area contributed by atoms with E-state index in [1.165, 1.54) is 11.0 Å². The maximum Gasteiger partial charge on any atom is 0.290 e. The molecule has 2 aromatic heterocycles. The third kappa shape index (κ3) is 4.05. The topological polar surface area (TPSA) is 92.9 Å². The van der Waals surface area contributed by atoms with Crippen LogP contribution < -0.4 is 4.74 Å². The quantitative estimate of drug-likeness (QED) is 0.422. The van der Waals surface area contributed by atoms with Crippen LogP contribution in [-0.2, 0) is 11.3 Å². The zero-order chi connectivity index (χ0) is 22.7. The molecule has 1 amide bonds. The number of furan rings is 1. The summed E-state index contributed by atoms with van der Waals surface area (Å²) in [6.45, 7) is 5.86. The number of benzene rings is 1. The van der Waals surface area contributed by atoms with Crippen LogP contribution in [0, 0.1) is 6.92 Å². The van der Waals surface area contributed by atoms with E-state index < -0.39 is 23.5 Å². The number of Topliss-reactive ketones (excluding diaryl/α,β-unsaturated/α-hetero) is 1. The minimum Gasteiger partial charge on any atom is -0.503 e. The van der Waals surface area contributed by atoms with Gasteiger partial charge in [0.2, 0.25) is 5.78 Å². The zero-order valence-electron chi connectivity index (χ0n) is 17.5. The monoisotopic (exact) mass is 430 g/mol. The Balaban J connectivity index is 1.79. The van der Waals surface area contributed by atoms with Gasteiger partial charge in [-0.1, -0.05) is 24.8 Å². The molecule has 1 aliphatic heterocycles. The number of rotatable bonds is 8. The first-order valence-electron chi connectivity index (χ1n) is 10.1. The number of aliphatic hydroxyl groups excluding tert-OH is 1. The molecule has 0 saturated carbocycles. The standard InChI is InChI=1S/C25H22N2O5/c1-3-13-31-19-6-4-5-18(14-19)22-21(23(28)20-8-7-16(2)32-20)24(29)25(30)27(22)15-17-9-11-26-12-10-17/h3-12,14,22,29H,1,13,15H2,2H3/t22-/m0/s1. The van der Waals surface area contributed by atoms with Crippen LogP contribution in [0.25, 0.3) is 0 Å². The van der Waals surface area contributed by atoms with Gasteiger partial charge < -0.3 is 19.2 Å². The molecule has 3 aromatic rings. The molecular formula is C25H22N2O5. The van der Waals surface area contributed by atoms with Gasteiger partial charge in [0.25, 0.3) is 5.91 Å². The van der Waals surface area contributed by atoms with Crippen molar-refractivity contribution in [2.24, 2.45) is 0 Å². The SMILES string of the molecule is C=CCOc1cccc([C@H]2C(C(=O)c3ccc(C)o3)=C(O)C(=O)N2Cc2ccncc2)c1. The van der Waals surface area contributed by atoms with Crippen molar-refractivity contribution in [1.29, 1.82) is 0 Å². The minimum absolute atomic E-state index is 0.0284. The lowest BCUT2D eigenvalue weighted by molar-refractivity contribution is -0.130. The van der Waals surface area contributed by atoms with Crippen LogP contribution in [0.15, 0.2) is 89.3 Å². The smallest absolute Gasteiger partial charge is 0.290 e. The van der Waals surface area contributed by atoms with Gasteiger partial charge >= 0.3 is 0 Å². The fraction of sp³-hybridized carbons (Fsp3) is 0.160. The Morgan fingerprint density at radius 1 is 1.25 bits per heavy atom. The van der Waals surface area contributed by atoms with Gasteiger partial charge in [-0.25, -0.2) is 0 Å². The Hall–Kier alpha value is -4.13. The summed E-state index contributed by atoms with van der Waals surface area (Å²) in [6, 6.07) is 13.0. The highest BCUT2D eigenvalue weighted by Gasteiger charge is 2.44. The second kappa shape index (κ2) is 8.93. The maximum atomic E-state index is 13.3. The number of carbonyl (C=O) groups excluding carboxylic acids is 2. The Labute approximate surface area is 185 Å². The molecule has 0 unspecified atom stereocenters. The molecule has 162 valence electrons. The van der Waals surface area contributed by atoms with Gasteiger partial charge in [-0.3, -0.25) is 14.6 Å². The van der Waals surface area contributed by atoms with E-state index >= 15 is 0 Å². The third-order valence-electron chi connectivity index (χ3n) is 5.16. The van der Waals surface area contributed by atoms with E-state index in [1.807, 2.05) is 0 Å². The average Bonchev–Trinajstić information content (AvgIpc) is 3.35. The van der Waals surface area contributed by atoms with Crippen LogP contribution in [0.2, 0.25) is 0 Å². The fourth-order valence-corrected chi connectivity index (χ4v) is 3.70. The number of ketones is 1. The van der Waals surface area contributed by atoms with Crippen molar-refractivity contribution in [3.05, 3.63) is 108 Å². The number of pyridine rings is 1. The first kappa shape index (κ1) is 21.1. The van der Waals surface area contributed by atoms with E-state index in [1.54, 1.807) is 67.9 Å². The lowest BCUT2D eigenvalue weighted by atomic mass is 9.94. The van der Waals surface area contributed by atoms with E-state index in [9.17, 15) is 14.7 Å². The first-order chi connectivity index (χ1) is 15.5. The molecule has 0 radical (unpaired) electrons. The van der Waals surface area contributed by atoms with Crippen molar-refractivity contribution >= 4 is 11.7 Å². The summed E-state index contributed by atoms with van der Waals surface area (Å²) in [7, 11) is 0. The number of aromatic nitrogens is 1. The number of hydrogen-bond acceptors (Lipinski definition) is 6. The van der Waals surface area contributed by atoms with Crippen molar-refractivity contribution in [2.45, 2.75) is 19.5 Å². The van der Waals surface area contributed by atoms with Crippen molar-refractivity contribution < 1.29 is 23.8 Å². The molecule has 4 rings (SSSR count). The largest absolute Gasteiger partial charge is 0.503 e. The lowest BCUT2D eigenvalue weighted by Gasteiger charge is -2.27. The highest BCUT2D eigenvalue weighted by Crippen LogP contribution is 2.40. The lowest BCUT2D eigenvalue weighted by Crippen LogP contribution is -2.30. The summed E-state index contributed by atoms with van der Waals surface area (Å²) in [6.07, 6.45) is 4.88. The van der Waals surface area contributed by atoms with Crippen molar-refractivity contribution in [2.75, 3.05) is 6.61 Å². The molecule has 0 bridgehead atoms. The molecule has 0 aliphatic carbocycles. The molecule has 0 fully saturated rings. The second-order valence-corrected chi connectivity index (χ2v) is 7.36. The first-order valence-corrected chi connectivity index (χ1v) is 10.1. The highest BCUT2D eigenvalue weighted by molar-refractivity contribution is 6.15. The van der Waals surface area contributed by atoms with Crippen LogP contribution in [0.5, 0.6) is 5.75 Å². The molecule has 0 saturated heterocycles. The van der Waals surface area contributed by atoms with Crippen molar-refractivity contribution in [1.82, 2.24) is 9.88 Å². The van der Waals surface area contributed by atoms with Crippen LogP contribution in [-0.4, -0.2) is 33.3 Å². The van der Waals surface area contributed by atoms with Gasteiger partial charge in [-0.2, -0.15) is 0 Å². The fourth-order valence-electron chi connectivity index (χ4n) is 3.70. The Kier molecular flexibility index (Phi) is 5.89. The number of hydrogen-bond donors (Lipinski definition) is 1. The number of carbonyl (C=O) groups is 2. The summed E-state index contributed by atoms with van der Waals surface area (Å²) < 4.78 is 11.1. The third-order valence-corrected chi connectivity index (χ3v) is 5.16. The summed E-state index contributed by atoms with van der Waals surface area (Å²) in [5, 5.41) is 10.8. The molecule has 3 heterocycles. The van der Waals surface area contributed by atoms with E-state index in [2.05, 4.69) is 11.6 Å². The van der Waals surface area contributed by atoms with Crippen LogP contribution in [0.1, 0.15) is 33.5 Å². The number of amides is 1. The van der Waals surface area contributed by atoms with Gasteiger partial charge in [0, 0.05) is 18.9 Å². The molecular weight excluding hydrogens is 408 g/mol. The summed E-state index contributed by atoms with van der Waals surface area (Å²) >= 11 is 0. The van der Waals surface area contributed by atoms with Gasteiger partial charge in [0.05, 0.1) is 11.6 Å². The maximum absolute atomic E-state index is 13.3. The van der Waals surface area contributed by atoms with Gasteiger partial charge in [-0.05, 0) is 54.4 Å². The van der Waals surface area contributed by atoms with Crippen molar-refractivity contribution in [3.63, 3.8) is 0 Å². The number of nitrogens with zero attached hydrogens (tertiary/aromatic N) is 2. The average molecular weight is 430 g/mol. The predicted molar refractivity (Wildman–Crippen MR) is 117 cm³/mol. The van der Waals surface area contributed by atoms with E-state index in [0.717, 1.165) is 5.56 Å². The van der Waals surface area contributed by atoms with Gasteiger partial charge in [0.1, 0.15) is 18.1 Å². The minimum atomic E-state index is -0.819. The van der Waals surface area contributed by atoms with E-state index in [4.69, 9.17) is 9.15 Å². The molecule has 32 heavy (non-hydrogen) atoms. The van der Waals surface area contributed by atoms with Gasteiger partial charge in [-0.15, -0.1) is 0 Å². The summed E-state index contributed by atoms with van der Waals surface area (Å²) in [5.74, 6) is -0.569. The molecule has 1 aromatic carbocycles. The Morgan fingerprint density at radius 2 is 2.03 bits per heavy atom. The van der Waals surface area contributed by atoms with Crippen LogP contribution >= 0.6 is 0 Å². The van der Waals surface area contributed by atoms with Crippen molar-refractivity contribution in [3.8, 4) is 5.75 Å². The zero-order valence-corrected chi connectivity index (χ0v) is 17.5. The highest BCUT2D eigenvalue weighted by atomic mass is 16.5. The van der Waals surface area contributed by atoms with E-state index in [0.29, 0.717) is 23.7 Å². The van der Waals surface area contributed by atoms with E-state index in [-0.39, 0.29) is 17.9 Å². The molecule has 0 spiro atoms. The second-order valence-electron chi connectivity index (χ2n) is 7.36. The van der Waals surface area contributed by atoms with Crippen LogP contribution in [0.4, 0.5) is 0 Å². The number of aliphatic hydroxyl groups is 1. The molecule has 1 N–H and O–H groups in total. The molecule has 7 nitrogen and oxygen atoms in total. The molecule has 7 heteroatoms. The molecule has 1 aliphatic rings. The summed E-state index contributed by atoms with van der Waals surface area (Å²) in [5.41, 5.74) is 1.41. The predicted octanol–water partition coefficient (Wildman–Crippen LogP) is 4.33. The number of ether oxygens (including phenoxy) is 1. The van der Waals surface area contributed by atoms with Gasteiger partial charge in [0.15, 0.2) is 11.5 Å². The summed E-state index contributed by atoms with van der Waals surface area (Å²) in [4.78, 5) is 31.8. The molecule has 1 atom stereocenters. The Morgan fingerprint density at radius 3 is 2.72 bits per heavy atom. The normalized spacial score (nSPS) is 15.8. The number of aryl methyl sites for hydroxylation is 1.